The summed E-state index contributed by atoms with van der Waals surface area (Å²) in [5.74, 6) is -1.71. The van der Waals surface area contributed by atoms with E-state index in [1.54, 1.807) is 19.1 Å². The normalized spacial score (nSPS) is 10.4. The number of nitrogens with zero attached hydrogens (tertiary/aromatic N) is 1. The number of hydrogen-bond acceptors (Lipinski definition) is 4. The van der Waals surface area contributed by atoms with Gasteiger partial charge in [-0.3, -0.25) is 9.59 Å². The average molecular weight is 308 g/mol. The molecule has 0 fully saturated rings. The fourth-order valence-corrected chi connectivity index (χ4v) is 2.69. The van der Waals surface area contributed by atoms with Crippen LogP contribution in [0.25, 0.3) is 10.6 Å². The summed E-state index contributed by atoms with van der Waals surface area (Å²) in [5.41, 5.74) is 1.14. The number of amides is 1. The Bertz CT molecular complexity index is 685. The maximum atomic E-state index is 13.2. The highest BCUT2D eigenvalue weighted by Gasteiger charge is 2.16. The number of thiazole rings is 1. The number of nitrogens with one attached hydrogen (secondary N) is 1. The van der Waals surface area contributed by atoms with Gasteiger partial charge in [-0.15, -0.1) is 11.3 Å². The van der Waals surface area contributed by atoms with E-state index >= 15 is 0 Å². The van der Waals surface area contributed by atoms with Crippen LogP contribution in [0.1, 0.15) is 21.8 Å². The molecule has 1 aromatic heterocycles. The van der Waals surface area contributed by atoms with Gasteiger partial charge in [0.25, 0.3) is 5.91 Å². The molecule has 0 aliphatic heterocycles. The molecule has 1 aromatic carbocycles. The van der Waals surface area contributed by atoms with Gasteiger partial charge in [-0.1, -0.05) is 12.1 Å². The summed E-state index contributed by atoms with van der Waals surface area (Å²) in [7, 11) is 0. The van der Waals surface area contributed by atoms with Crippen LogP contribution in [0.4, 0.5) is 4.39 Å². The molecule has 0 aliphatic rings. The van der Waals surface area contributed by atoms with Crippen molar-refractivity contribution in [3.8, 4) is 10.6 Å². The highest BCUT2D eigenvalue weighted by atomic mass is 32.1. The van der Waals surface area contributed by atoms with Gasteiger partial charge in [-0.05, 0) is 19.1 Å². The zero-order valence-corrected chi connectivity index (χ0v) is 12.0. The zero-order chi connectivity index (χ0) is 15.4. The van der Waals surface area contributed by atoms with Gasteiger partial charge >= 0.3 is 5.97 Å². The standard InChI is InChI=1S/C14H13FN2O3S/c1-8-12(13(20)16-6-5-11(18)19)21-14(17-8)9-3-2-4-10(15)7-9/h2-4,7H,5-6H2,1H3,(H,16,20)(H,18,19). The van der Waals surface area contributed by atoms with E-state index in [4.69, 9.17) is 5.11 Å². The van der Waals surface area contributed by atoms with E-state index in [9.17, 15) is 14.0 Å². The third-order valence-electron chi connectivity index (χ3n) is 2.70. The Morgan fingerprint density at radius 1 is 1.43 bits per heavy atom. The van der Waals surface area contributed by atoms with Crippen molar-refractivity contribution >= 4 is 23.2 Å². The van der Waals surface area contributed by atoms with Gasteiger partial charge < -0.3 is 10.4 Å². The molecular formula is C14H13FN2O3S. The fraction of sp³-hybridized carbons (Fsp3) is 0.214. The number of hydrogen-bond donors (Lipinski definition) is 2. The molecule has 1 heterocycles. The van der Waals surface area contributed by atoms with Gasteiger partial charge in [-0.2, -0.15) is 0 Å². The van der Waals surface area contributed by atoms with E-state index in [2.05, 4.69) is 10.3 Å². The topological polar surface area (TPSA) is 79.3 Å². The molecule has 0 saturated heterocycles. The smallest absolute Gasteiger partial charge is 0.305 e. The largest absolute Gasteiger partial charge is 0.481 e. The quantitative estimate of drug-likeness (QED) is 0.889. The average Bonchev–Trinajstić information content (AvgIpc) is 2.80. The lowest BCUT2D eigenvalue weighted by molar-refractivity contribution is -0.136. The Morgan fingerprint density at radius 3 is 2.86 bits per heavy atom. The van der Waals surface area contributed by atoms with Crippen LogP contribution in [0, 0.1) is 12.7 Å². The lowest BCUT2D eigenvalue weighted by Crippen LogP contribution is -2.25. The second-order valence-electron chi connectivity index (χ2n) is 4.34. The van der Waals surface area contributed by atoms with Crippen molar-refractivity contribution in [1.29, 1.82) is 0 Å². The number of benzene rings is 1. The van der Waals surface area contributed by atoms with Crippen LogP contribution in [0.15, 0.2) is 24.3 Å². The predicted molar refractivity (Wildman–Crippen MR) is 76.8 cm³/mol. The molecule has 0 saturated carbocycles. The van der Waals surface area contributed by atoms with Gasteiger partial charge in [0.2, 0.25) is 0 Å². The third-order valence-corrected chi connectivity index (χ3v) is 3.90. The zero-order valence-electron chi connectivity index (χ0n) is 11.2. The number of aromatic nitrogens is 1. The number of carbonyl (C=O) groups excluding carboxylic acids is 1. The van der Waals surface area contributed by atoms with E-state index in [1.165, 1.54) is 12.1 Å². The van der Waals surface area contributed by atoms with Crippen molar-refractivity contribution in [2.45, 2.75) is 13.3 Å². The number of halogens is 1. The molecule has 0 spiro atoms. The first-order chi connectivity index (χ1) is 9.97. The van der Waals surface area contributed by atoms with Crippen LogP contribution in [0.2, 0.25) is 0 Å². The molecular weight excluding hydrogens is 295 g/mol. The summed E-state index contributed by atoms with van der Waals surface area (Å²) in [6, 6.07) is 5.98. The Hall–Kier alpha value is -2.28. The Labute approximate surface area is 124 Å². The van der Waals surface area contributed by atoms with Crippen molar-refractivity contribution in [3.05, 3.63) is 40.7 Å². The number of carbonyl (C=O) groups is 2. The maximum absolute atomic E-state index is 13.2. The molecule has 0 radical (unpaired) electrons. The van der Waals surface area contributed by atoms with E-state index < -0.39 is 5.97 Å². The molecule has 21 heavy (non-hydrogen) atoms. The van der Waals surface area contributed by atoms with E-state index in [0.717, 1.165) is 11.3 Å². The molecule has 7 heteroatoms. The SMILES string of the molecule is Cc1nc(-c2cccc(F)c2)sc1C(=O)NCCC(=O)O. The second kappa shape index (κ2) is 6.45. The molecule has 110 valence electrons. The van der Waals surface area contributed by atoms with Gasteiger partial charge in [0.1, 0.15) is 15.7 Å². The van der Waals surface area contributed by atoms with Crippen LogP contribution >= 0.6 is 11.3 Å². The predicted octanol–water partition coefficient (Wildman–Crippen LogP) is 2.46. The van der Waals surface area contributed by atoms with Gasteiger partial charge in [-0.25, -0.2) is 9.37 Å². The molecule has 5 nitrogen and oxygen atoms in total. The first-order valence-electron chi connectivity index (χ1n) is 6.20. The van der Waals surface area contributed by atoms with Gasteiger partial charge in [0, 0.05) is 12.1 Å². The molecule has 0 bridgehead atoms. The minimum absolute atomic E-state index is 0.0564. The number of aryl methyl sites for hydroxylation is 1. The number of carboxylic acids is 1. The van der Waals surface area contributed by atoms with Gasteiger partial charge in [0.05, 0.1) is 12.1 Å². The van der Waals surface area contributed by atoms with Gasteiger partial charge in [0.15, 0.2) is 0 Å². The van der Waals surface area contributed by atoms with E-state index in [0.29, 0.717) is 21.1 Å². The van der Waals surface area contributed by atoms with Crippen molar-refractivity contribution in [2.75, 3.05) is 6.54 Å². The third kappa shape index (κ3) is 3.85. The molecule has 0 aliphatic carbocycles. The molecule has 2 N–H and O–H groups in total. The number of aliphatic carboxylic acids is 1. The number of carboxylic acid groups (broad SMARTS) is 1. The minimum Gasteiger partial charge on any atom is -0.481 e. The summed E-state index contributed by atoms with van der Waals surface area (Å²) in [4.78, 5) is 27.0. The highest BCUT2D eigenvalue weighted by Crippen LogP contribution is 2.28. The molecule has 1 amide bonds. The molecule has 2 rings (SSSR count). The first kappa shape index (κ1) is 15.1. The summed E-state index contributed by atoms with van der Waals surface area (Å²) in [5, 5.41) is 11.6. The van der Waals surface area contributed by atoms with Crippen molar-refractivity contribution in [2.24, 2.45) is 0 Å². The Kier molecular flexibility index (Phi) is 4.64. The minimum atomic E-state index is -0.975. The molecule has 0 unspecified atom stereocenters. The Balaban J connectivity index is 2.15. The summed E-state index contributed by atoms with van der Waals surface area (Å²) >= 11 is 1.15. The van der Waals surface area contributed by atoms with Crippen LogP contribution < -0.4 is 5.32 Å². The summed E-state index contributed by atoms with van der Waals surface area (Å²) in [6.07, 6.45) is -0.139. The van der Waals surface area contributed by atoms with E-state index in [1.807, 2.05) is 0 Å². The lowest BCUT2D eigenvalue weighted by atomic mass is 10.2. The van der Waals surface area contributed by atoms with Crippen LogP contribution in [-0.2, 0) is 4.79 Å². The van der Waals surface area contributed by atoms with Crippen LogP contribution in [0.3, 0.4) is 0 Å². The second-order valence-corrected chi connectivity index (χ2v) is 5.34. The Morgan fingerprint density at radius 2 is 2.19 bits per heavy atom. The number of rotatable bonds is 5. The summed E-state index contributed by atoms with van der Waals surface area (Å²) in [6.45, 7) is 1.74. The van der Waals surface area contributed by atoms with Crippen molar-refractivity contribution in [3.63, 3.8) is 0 Å². The fourth-order valence-electron chi connectivity index (χ4n) is 1.72. The highest BCUT2D eigenvalue weighted by molar-refractivity contribution is 7.17. The van der Waals surface area contributed by atoms with E-state index in [-0.39, 0.29) is 24.7 Å². The maximum Gasteiger partial charge on any atom is 0.305 e. The monoisotopic (exact) mass is 308 g/mol. The van der Waals surface area contributed by atoms with Crippen LogP contribution in [-0.4, -0.2) is 28.5 Å². The summed E-state index contributed by atoms with van der Waals surface area (Å²) < 4.78 is 13.2. The van der Waals surface area contributed by atoms with Crippen LogP contribution in [0.5, 0.6) is 0 Å². The van der Waals surface area contributed by atoms with Crippen molar-refractivity contribution in [1.82, 2.24) is 10.3 Å². The first-order valence-corrected chi connectivity index (χ1v) is 7.02. The van der Waals surface area contributed by atoms with Crippen molar-refractivity contribution < 1.29 is 19.1 Å². The lowest BCUT2D eigenvalue weighted by Gasteiger charge is -2.01. The molecule has 2 aromatic rings. The molecule has 0 atom stereocenters.